The summed E-state index contributed by atoms with van der Waals surface area (Å²) in [7, 11) is 0. The lowest BCUT2D eigenvalue weighted by Gasteiger charge is -2.08. The molecule has 3 nitrogen and oxygen atoms in total. The van der Waals surface area contributed by atoms with E-state index < -0.39 is 0 Å². The maximum absolute atomic E-state index is 12.1. The van der Waals surface area contributed by atoms with Gasteiger partial charge in [0.05, 0.1) is 16.8 Å². The predicted molar refractivity (Wildman–Crippen MR) is 90.8 cm³/mol. The number of halogens is 1. The van der Waals surface area contributed by atoms with Crippen molar-refractivity contribution >= 4 is 50.4 Å². The van der Waals surface area contributed by atoms with Crippen molar-refractivity contribution in [3.8, 4) is 5.75 Å². The van der Waals surface area contributed by atoms with Crippen LogP contribution in [0.25, 0.3) is 10.2 Å². The number of rotatable bonds is 3. The number of thiocarbonyl (C=S) groups is 1. The number of hydrogen-bond acceptors (Lipinski definition) is 4. The third kappa shape index (κ3) is 3.15. The maximum atomic E-state index is 12.1. The van der Waals surface area contributed by atoms with Gasteiger partial charge in [0, 0.05) is 5.02 Å². The van der Waals surface area contributed by atoms with E-state index in [2.05, 4.69) is 0 Å². The van der Waals surface area contributed by atoms with Gasteiger partial charge in [-0.05, 0) is 42.5 Å². The SMILES string of the molecule is O=c1sc2ccc(Cl)cc2n1CC(=S)Oc1ccccc1. The van der Waals surface area contributed by atoms with Gasteiger partial charge in [-0.2, -0.15) is 0 Å². The van der Waals surface area contributed by atoms with E-state index in [0.29, 0.717) is 15.8 Å². The number of fused-ring (bicyclic) bond motifs is 1. The molecular weight excluding hydrogens is 326 g/mol. The average Bonchev–Trinajstić information content (AvgIpc) is 2.76. The number of ether oxygens (including phenoxy) is 1. The molecule has 0 radical (unpaired) electrons. The van der Waals surface area contributed by atoms with Crippen LogP contribution < -0.4 is 9.61 Å². The van der Waals surface area contributed by atoms with E-state index >= 15 is 0 Å². The van der Waals surface area contributed by atoms with E-state index in [-0.39, 0.29) is 11.4 Å². The van der Waals surface area contributed by atoms with Crippen LogP contribution in [0, 0.1) is 0 Å². The first-order chi connectivity index (χ1) is 10.1. The third-order valence-electron chi connectivity index (χ3n) is 2.89. The van der Waals surface area contributed by atoms with E-state index in [4.69, 9.17) is 28.6 Å². The van der Waals surface area contributed by atoms with Crippen molar-refractivity contribution in [3.05, 3.63) is 63.2 Å². The van der Waals surface area contributed by atoms with E-state index in [0.717, 1.165) is 10.2 Å². The number of para-hydroxylation sites is 1. The van der Waals surface area contributed by atoms with E-state index in [1.807, 2.05) is 36.4 Å². The Morgan fingerprint density at radius 1 is 1.24 bits per heavy atom. The smallest absolute Gasteiger partial charge is 0.308 e. The lowest BCUT2D eigenvalue weighted by molar-refractivity contribution is 0.538. The molecule has 3 rings (SSSR count). The normalized spacial score (nSPS) is 10.7. The molecule has 0 fully saturated rings. The molecule has 6 heteroatoms. The van der Waals surface area contributed by atoms with E-state index in [9.17, 15) is 4.79 Å². The number of benzene rings is 2. The fraction of sp³-hybridized carbons (Fsp3) is 0.0667. The first-order valence-electron chi connectivity index (χ1n) is 6.18. The monoisotopic (exact) mass is 335 g/mol. The second-order valence-corrected chi connectivity index (χ2v) is 6.24. The van der Waals surface area contributed by atoms with Crippen molar-refractivity contribution in [2.24, 2.45) is 0 Å². The summed E-state index contributed by atoms with van der Waals surface area (Å²) >= 11 is 12.4. The van der Waals surface area contributed by atoms with Crippen molar-refractivity contribution in [3.63, 3.8) is 0 Å². The van der Waals surface area contributed by atoms with Crippen LogP contribution in [0.4, 0.5) is 0 Å². The summed E-state index contributed by atoms with van der Waals surface area (Å²) < 4.78 is 8.03. The Kier molecular flexibility index (Phi) is 4.05. The van der Waals surface area contributed by atoms with Crippen LogP contribution >= 0.6 is 35.2 Å². The molecule has 2 aromatic carbocycles. The molecule has 0 saturated carbocycles. The Morgan fingerprint density at radius 2 is 2.00 bits per heavy atom. The summed E-state index contributed by atoms with van der Waals surface area (Å²) in [6.07, 6.45) is 0. The first-order valence-corrected chi connectivity index (χ1v) is 7.78. The molecule has 21 heavy (non-hydrogen) atoms. The van der Waals surface area contributed by atoms with Crippen molar-refractivity contribution in [2.75, 3.05) is 0 Å². The Labute approximate surface area is 135 Å². The van der Waals surface area contributed by atoms with Gasteiger partial charge in [-0.15, -0.1) is 0 Å². The van der Waals surface area contributed by atoms with E-state index in [1.165, 1.54) is 11.3 Å². The minimum absolute atomic E-state index is 0.0775. The molecule has 106 valence electrons. The average molecular weight is 336 g/mol. The van der Waals surface area contributed by atoms with Crippen molar-refractivity contribution in [2.45, 2.75) is 6.54 Å². The summed E-state index contributed by atoms with van der Waals surface area (Å²) in [5.41, 5.74) is 0.775. The van der Waals surface area contributed by atoms with Gasteiger partial charge in [-0.1, -0.05) is 41.1 Å². The summed E-state index contributed by atoms with van der Waals surface area (Å²) in [4.78, 5) is 12.0. The van der Waals surface area contributed by atoms with Crippen molar-refractivity contribution in [1.29, 1.82) is 0 Å². The van der Waals surface area contributed by atoms with Crippen molar-refractivity contribution < 1.29 is 4.74 Å². The second-order valence-electron chi connectivity index (χ2n) is 4.35. The molecule has 1 aromatic heterocycles. The molecule has 0 aliphatic heterocycles. The van der Waals surface area contributed by atoms with Crippen LogP contribution in [0.3, 0.4) is 0 Å². The maximum Gasteiger partial charge on any atom is 0.308 e. The highest BCUT2D eigenvalue weighted by molar-refractivity contribution is 7.80. The van der Waals surface area contributed by atoms with Gasteiger partial charge in [0.25, 0.3) is 0 Å². The Bertz CT molecular complexity index is 855. The van der Waals surface area contributed by atoms with Gasteiger partial charge in [0.1, 0.15) is 5.75 Å². The molecule has 0 amide bonds. The Morgan fingerprint density at radius 3 is 2.76 bits per heavy atom. The van der Waals surface area contributed by atoms with Gasteiger partial charge in [-0.3, -0.25) is 9.36 Å². The summed E-state index contributed by atoms with van der Waals surface area (Å²) in [6.45, 7) is 0.226. The fourth-order valence-corrected chi connectivity index (χ4v) is 3.23. The Hall–Kier alpha value is -1.69. The molecular formula is C15H10ClNO2S2. The van der Waals surface area contributed by atoms with Gasteiger partial charge in [0.15, 0.2) is 5.05 Å². The highest BCUT2D eigenvalue weighted by Crippen LogP contribution is 2.21. The minimum atomic E-state index is -0.0775. The summed E-state index contributed by atoms with van der Waals surface area (Å²) in [5.74, 6) is 0.660. The zero-order chi connectivity index (χ0) is 14.8. The fourth-order valence-electron chi connectivity index (χ4n) is 1.97. The van der Waals surface area contributed by atoms with Gasteiger partial charge >= 0.3 is 4.87 Å². The third-order valence-corrected chi connectivity index (χ3v) is 4.30. The lowest BCUT2D eigenvalue weighted by atomic mass is 10.3. The Balaban J connectivity index is 1.88. The van der Waals surface area contributed by atoms with Crippen LogP contribution in [0.5, 0.6) is 5.75 Å². The van der Waals surface area contributed by atoms with Crippen LogP contribution in [-0.2, 0) is 6.54 Å². The number of thiazole rings is 1. The molecule has 3 aromatic rings. The molecule has 0 unspecified atom stereocenters. The molecule has 0 bridgehead atoms. The van der Waals surface area contributed by atoms with Gasteiger partial charge < -0.3 is 4.74 Å². The van der Waals surface area contributed by atoms with Gasteiger partial charge in [-0.25, -0.2) is 0 Å². The van der Waals surface area contributed by atoms with Crippen LogP contribution in [0.15, 0.2) is 53.3 Å². The van der Waals surface area contributed by atoms with Gasteiger partial charge in [0.2, 0.25) is 0 Å². The first kappa shape index (κ1) is 14.3. The lowest BCUT2D eigenvalue weighted by Crippen LogP contribution is -2.21. The molecule has 0 N–H and O–H groups in total. The van der Waals surface area contributed by atoms with Crippen LogP contribution in [-0.4, -0.2) is 9.62 Å². The largest absolute Gasteiger partial charge is 0.448 e. The molecule has 0 aliphatic rings. The zero-order valence-corrected chi connectivity index (χ0v) is 13.2. The quantitative estimate of drug-likeness (QED) is 0.675. The van der Waals surface area contributed by atoms with E-state index in [1.54, 1.807) is 16.7 Å². The molecule has 0 saturated heterocycles. The van der Waals surface area contributed by atoms with Crippen LogP contribution in [0.2, 0.25) is 5.02 Å². The second kappa shape index (κ2) is 5.97. The molecule has 0 atom stereocenters. The summed E-state index contributed by atoms with van der Waals surface area (Å²) in [5, 5.41) is 0.923. The topological polar surface area (TPSA) is 31.2 Å². The van der Waals surface area contributed by atoms with Crippen LogP contribution in [0.1, 0.15) is 0 Å². The standard InChI is InChI=1S/C15H10ClNO2S2/c16-10-6-7-13-12(8-10)17(15(18)21-13)9-14(20)19-11-4-2-1-3-5-11/h1-8H,9H2. The van der Waals surface area contributed by atoms with Crippen molar-refractivity contribution in [1.82, 2.24) is 4.57 Å². The minimum Gasteiger partial charge on any atom is -0.448 e. The predicted octanol–water partition coefficient (Wildman–Crippen LogP) is 4.12. The highest BCUT2D eigenvalue weighted by Gasteiger charge is 2.11. The molecule has 0 aliphatic carbocycles. The molecule has 1 heterocycles. The highest BCUT2D eigenvalue weighted by atomic mass is 35.5. The zero-order valence-electron chi connectivity index (χ0n) is 10.8. The number of aromatic nitrogens is 1. The summed E-state index contributed by atoms with van der Waals surface area (Å²) in [6, 6.07) is 14.6. The number of nitrogens with zero attached hydrogens (tertiary/aromatic N) is 1. The number of hydrogen-bond donors (Lipinski definition) is 0. The molecule has 0 spiro atoms.